The maximum Gasteiger partial charge on any atom is 1.00 e. The molecular formula is C108H78B6Cl3LiN10. The zero-order valence-corrected chi connectivity index (χ0v) is 72.4. The smallest absolute Gasteiger partial charge is 0.416 e. The van der Waals surface area contributed by atoms with Crippen molar-refractivity contribution in [1.82, 2.24) is 18.3 Å². The normalized spacial score (nSPS) is 13.0. The van der Waals surface area contributed by atoms with Gasteiger partial charge in [0.25, 0.3) is 0 Å². The number of hydrogen-bond acceptors (Lipinski definition) is 6. The van der Waals surface area contributed by atoms with Crippen LogP contribution in [-0.2, 0) is 0 Å². The Balaban J connectivity index is 0.000000171. The Kier molecular flexibility index (Phi) is 22.3. The summed E-state index contributed by atoms with van der Waals surface area (Å²) < 4.78 is 23.5. The molecule has 2 saturated heterocycles. The summed E-state index contributed by atoms with van der Waals surface area (Å²) in [6.45, 7) is -1.15. The fourth-order valence-corrected chi connectivity index (χ4v) is 20.9. The predicted octanol–water partition coefficient (Wildman–Crippen LogP) is 21.8. The van der Waals surface area contributed by atoms with Gasteiger partial charge in [-0.1, -0.05) is 297 Å². The Bertz CT molecular complexity index is 6880. The molecule has 600 valence electrons. The van der Waals surface area contributed by atoms with Crippen LogP contribution in [0.2, 0.25) is 0 Å². The third-order valence-electron chi connectivity index (χ3n) is 24.8. The van der Waals surface area contributed by atoms with Gasteiger partial charge in [0, 0.05) is 105 Å². The van der Waals surface area contributed by atoms with Crippen LogP contribution in [0.5, 0.6) is 0 Å². The van der Waals surface area contributed by atoms with E-state index in [-0.39, 0.29) is 39.8 Å². The number of benzene rings is 18. The molecule has 0 N–H and O–H groups in total. The molecule has 0 aliphatic carbocycles. The molecule has 2 aliphatic heterocycles. The van der Waals surface area contributed by atoms with E-state index in [9.17, 15) is 0 Å². The summed E-state index contributed by atoms with van der Waals surface area (Å²) in [6, 6.07) is 172. The molecule has 0 amide bonds. The van der Waals surface area contributed by atoms with Gasteiger partial charge in [0.2, 0.25) is 0 Å². The van der Waals surface area contributed by atoms with Gasteiger partial charge < -0.3 is 46.6 Å². The van der Waals surface area contributed by atoms with Crippen LogP contribution in [0.3, 0.4) is 0 Å². The van der Waals surface area contributed by atoms with Gasteiger partial charge in [-0.05, 0) is 174 Å². The molecule has 20 heteroatoms. The van der Waals surface area contributed by atoms with E-state index < -0.39 is 19.2 Å². The maximum absolute atomic E-state index is 6.92. The number of para-hydroxylation sites is 14. The first-order chi connectivity index (χ1) is 62.9. The van der Waals surface area contributed by atoms with E-state index in [4.69, 9.17) is 34.4 Å². The molecule has 22 aromatic rings. The fourth-order valence-electron chi connectivity index (χ4n) is 19.5. The minimum Gasteiger partial charge on any atom is -0.416 e. The molecule has 0 spiro atoms. The summed E-state index contributed by atoms with van der Waals surface area (Å²) in [5, 5.41) is 9.99. The van der Waals surface area contributed by atoms with Crippen LogP contribution in [0, 0.1) is 6.07 Å². The fraction of sp³-hybridized carbons (Fsp3) is 0. The monoisotopic (exact) mass is 1690 g/mol. The van der Waals surface area contributed by atoms with Gasteiger partial charge in [-0.3, -0.25) is 0 Å². The zero-order valence-electron chi connectivity index (χ0n) is 70.1. The SMILES string of the molecule is ClB1N(c2ccccc2)B(Cl)N(c2ccccc2)B(Cl)N1c1ccccc1.[Li+].[c-]1cccc(-n2c3ccccc3c3ccccc32)c1.c1ccc(N2B(c3cccc(-n4c5ccccc5c5ccccc54)c3)N(c3ccccc3)B(c3cccc(-n4c5ccccc5c5ccccc54)c3)N(c3ccccc3)B2c2cccc(-n3c4ccccc4c4ccccc43)c2)cc1. The zero-order chi connectivity index (χ0) is 84.8. The molecule has 0 bridgehead atoms. The molecular weight excluding hydrogens is 1620 g/mol. The Hall–Kier alpha value is -14.2. The minimum atomic E-state index is -0.556. The first-order valence-electron chi connectivity index (χ1n) is 43.0. The van der Waals surface area contributed by atoms with Gasteiger partial charge in [0.15, 0.2) is 0 Å². The summed E-state index contributed by atoms with van der Waals surface area (Å²) in [4.78, 5) is 0. The van der Waals surface area contributed by atoms with Crippen LogP contribution in [0.15, 0.2) is 473 Å². The molecule has 0 atom stereocenters. The average molecular weight is 1690 g/mol. The summed E-state index contributed by atoms with van der Waals surface area (Å²) in [6.07, 6.45) is -1.67. The Morgan fingerprint density at radius 2 is 0.352 bits per heavy atom. The Labute approximate surface area is 773 Å². The molecule has 4 aromatic heterocycles. The van der Waals surface area contributed by atoms with E-state index in [0.717, 1.165) is 73.3 Å². The van der Waals surface area contributed by atoms with Crippen molar-refractivity contribution in [3.05, 3.63) is 479 Å². The van der Waals surface area contributed by atoms with Crippen LogP contribution in [0.4, 0.5) is 34.1 Å². The average Bonchev–Trinajstić information content (AvgIpc) is 0.912. The third kappa shape index (κ3) is 14.5. The van der Waals surface area contributed by atoms with Crippen molar-refractivity contribution in [3.8, 4) is 22.7 Å². The van der Waals surface area contributed by atoms with Crippen LogP contribution in [0.1, 0.15) is 0 Å². The molecule has 18 aromatic carbocycles. The van der Waals surface area contributed by atoms with Crippen molar-refractivity contribution in [1.29, 1.82) is 0 Å². The third-order valence-corrected chi connectivity index (χ3v) is 26.1. The molecule has 0 radical (unpaired) electrons. The van der Waals surface area contributed by atoms with Crippen molar-refractivity contribution in [3.63, 3.8) is 0 Å². The summed E-state index contributed by atoms with van der Waals surface area (Å²) in [7, 11) is 0. The van der Waals surface area contributed by atoms with Gasteiger partial charge in [-0.25, -0.2) is 0 Å². The molecule has 0 saturated carbocycles. The summed E-state index contributed by atoms with van der Waals surface area (Å²) >= 11 is 20.7. The molecule has 10 nitrogen and oxygen atoms in total. The largest absolute Gasteiger partial charge is 1.00 e. The van der Waals surface area contributed by atoms with Crippen molar-refractivity contribution >= 4 is 212 Å². The number of fused-ring (bicyclic) bond motifs is 12. The van der Waals surface area contributed by atoms with Crippen LogP contribution in [0.25, 0.3) is 110 Å². The van der Waals surface area contributed by atoms with E-state index in [1.807, 2.05) is 123 Å². The summed E-state index contributed by atoms with van der Waals surface area (Å²) in [5.74, 6) is 0. The number of anilines is 6. The second-order valence-electron chi connectivity index (χ2n) is 32.0. The number of halogens is 3. The predicted molar refractivity (Wildman–Crippen MR) is 546 cm³/mol. The molecule has 24 rings (SSSR count). The standard InChI is InChI=1S/C72H51B3N6.C18H15B3Cl3N3.C18H12N.Li/c1-4-28-55(29-5-1)79-73(52-25-22-34-58(49-52)76-67-43-16-10-37-61(67)62-38-11-17-44-68(62)76)80(56-30-6-2-7-31-56)75(54-27-24-36-60(51-54)78-71-47-20-14-41-65(71)66-42-15-21-48-72(66)78)81(57-32-8-3-9-33-57)74(79)53-26-23-35-59(50-53)77-69-45-18-12-39-63(69)64-40-13-19-46-70(64)77;22-19-25(16-10-4-1-5-11-16)20(23)27(18-14-8-3-9-15-18)21(24)26(19)17-12-6-2-7-13-17;1-2-8-14(9-3-1)19-17-12-6-4-10-15(17)16-11-5-7-13-18(16)19;/h1-51H;1-15H;1-2,4-13H;/q;;-1;+1. The van der Waals surface area contributed by atoms with Crippen LogP contribution < -0.4 is 63.6 Å². The Morgan fingerprint density at radius 1 is 0.172 bits per heavy atom. The second kappa shape index (κ2) is 35.3. The first-order valence-corrected chi connectivity index (χ1v) is 44.3. The van der Waals surface area contributed by atoms with Gasteiger partial charge in [0.05, 0.1) is 33.1 Å². The maximum atomic E-state index is 6.92. The van der Waals surface area contributed by atoms with Gasteiger partial charge >= 0.3 is 59.0 Å². The van der Waals surface area contributed by atoms with E-state index in [0.29, 0.717) is 0 Å². The molecule has 6 heterocycles. The van der Waals surface area contributed by atoms with Crippen molar-refractivity contribution in [2.24, 2.45) is 0 Å². The molecule has 128 heavy (non-hydrogen) atoms. The summed E-state index contributed by atoms with van der Waals surface area (Å²) in [5.41, 5.74) is 23.5. The Morgan fingerprint density at radius 3 is 0.562 bits per heavy atom. The molecule has 2 fully saturated rings. The van der Waals surface area contributed by atoms with E-state index in [2.05, 4.69) is 402 Å². The first kappa shape index (κ1) is 80.9. The van der Waals surface area contributed by atoms with Crippen molar-refractivity contribution < 1.29 is 18.9 Å². The quantitative estimate of drug-likeness (QED) is 0.0846. The molecule has 2 aliphatic rings. The van der Waals surface area contributed by atoms with E-state index >= 15 is 0 Å². The second-order valence-corrected chi connectivity index (χ2v) is 33.2. The number of nitrogens with zero attached hydrogens (tertiary/aromatic N) is 10. The van der Waals surface area contributed by atoms with Crippen molar-refractivity contribution in [2.45, 2.75) is 0 Å². The number of aromatic nitrogens is 4. The molecule has 0 unspecified atom stereocenters. The number of hydrogen-bond donors (Lipinski definition) is 0. The topological polar surface area (TPSA) is 39.2 Å². The van der Waals surface area contributed by atoms with Gasteiger partial charge in [0.1, 0.15) is 0 Å². The van der Waals surface area contributed by atoms with Gasteiger partial charge in [-0.15, -0.1) is 40.4 Å². The van der Waals surface area contributed by atoms with E-state index in [1.54, 1.807) is 0 Å². The minimum absolute atomic E-state index is 0. The number of rotatable bonds is 13. The van der Waals surface area contributed by atoms with Gasteiger partial charge in [-0.2, -0.15) is 24.3 Å². The van der Waals surface area contributed by atoms with Crippen LogP contribution in [-0.4, -0.2) is 58.4 Å². The van der Waals surface area contributed by atoms with E-state index in [1.165, 1.54) is 87.2 Å². The van der Waals surface area contributed by atoms with Crippen molar-refractivity contribution in [2.75, 3.05) is 28.3 Å². The van der Waals surface area contributed by atoms with Crippen LogP contribution >= 0.6 is 34.4 Å².